The SMILES string of the molecule is CC1=C2[C@](C)(CCC(=O)[N+]2(C)c2ccc(C(F)(F)F)cc2Cl)[C@H]2CC[C@]3(C)[C@@H](C(N)=O)CC[C@H]3[C@@H]2C1. The normalized spacial score (nSPS) is 40.5. The molecule has 2 saturated carbocycles. The Kier molecular flexibility index (Phi) is 5.78. The maximum absolute atomic E-state index is 13.6. The molecule has 196 valence electrons. The van der Waals surface area contributed by atoms with Crippen molar-refractivity contribution in [2.45, 2.75) is 71.9 Å². The summed E-state index contributed by atoms with van der Waals surface area (Å²) in [6.07, 6.45) is 1.06. The minimum absolute atomic E-state index is 0.0383. The first-order valence-electron chi connectivity index (χ1n) is 12.9. The molecule has 3 aliphatic carbocycles. The minimum Gasteiger partial charge on any atom is -0.369 e. The number of likely N-dealkylation sites (tertiary alicyclic amines) is 1. The Morgan fingerprint density at radius 2 is 1.83 bits per heavy atom. The van der Waals surface area contributed by atoms with Gasteiger partial charge in [-0.05, 0) is 86.3 Å². The smallest absolute Gasteiger partial charge is 0.369 e. The van der Waals surface area contributed by atoms with Gasteiger partial charge in [-0.15, -0.1) is 0 Å². The number of fused-ring (bicyclic) bond motifs is 5. The Balaban J connectivity index is 1.62. The molecule has 3 fully saturated rings. The molecule has 1 heterocycles. The van der Waals surface area contributed by atoms with E-state index in [1.165, 1.54) is 6.07 Å². The molecule has 1 aromatic carbocycles. The van der Waals surface area contributed by atoms with Gasteiger partial charge in [0.05, 0.1) is 19.0 Å². The second kappa shape index (κ2) is 8.07. The molecule has 0 bridgehead atoms. The third-order valence-electron chi connectivity index (χ3n) is 10.6. The number of halogens is 4. The van der Waals surface area contributed by atoms with Crippen molar-refractivity contribution < 1.29 is 22.8 Å². The average Bonchev–Trinajstić information content (AvgIpc) is 3.13. The van der Waals surface area contributed by atoms with Crippen LogP contribution in [0, 0.1) is 34.5 Å². The van der Waals surface area contributed by atoms with Gasteiger partial charge in [-0.1, -0.05) is 25.4 Å². The molecule has 2 amide bonds. The molecule has 1 saturated heterocycles. The fourth-order valence-electron chi connectivity index (χ4n) is 9.16. The fraction of sp³-hybridized carbons (Fsp3) is 0.643. The van der Waals surface area contributed by atoms with E-state index in [9.17, 15) is 22.8 Å². The van der Waals surface area contributed by atoms with Gasteiger partial charge in [-0.25, -0.2) is 9.28 Å². The topological polar surface area (TPSA) is 60.2 Å². The number of carbonyl (C=O) groups excluding carboxylic acids is 2. The van der Waals surface area contributed by atoms with Crippen LogP contribution in [0.4, 0.5) is 18.9 Å². The number of hydrogen-bond acceptors (Lipinski definition) is 2. The number of nitrogens with zero attached hydrogens (tertiary/aromatic N) is 1. The van der Waals surface area contributed by atoms with E-state index in [0.29, 0.717) is 36.3 Å². The number of piperidine rings is 1. The summed E-state index contributed by atoms with van der Waals surface area (Å²) in [6, 6.07) is 3.35. The number of hydrogen-bond donors (Lipinski definition) is 1. The number of alkyl halides is 3. The van der Waals surface area contributed by atoms with Crippen LogP contribution >= 0.6 is 11.6 Å². The third-order valence-corrected chi connectivity index (χ3v) is 10.9. The molecule has 0 spiro atoms. The first-order chi connectivity index (χ1) is 16.7. The van der Waals surface area contributed by atoms with Crippen LogP contribution in [0.3, 0.4) is 0 Å². The van der Waals surface area contributed by atoms with Gasteiger partial charge < -0.3 is 5.73 Å². The molecule has 7 atom stereocenters. The van der Waals surface area contributed by atoms with E-state index in [4.69, 9.17) is 17.3 Å². The first-order valence-corrected chi connectivity index (χ1v) is 13.3. The maximum Gasteiger partial charge on any atom is 0.416 e. The summed E-state index contributed by atoms with van der Waals surface area (Å²) in [6.45, 7) is 6.55. The van der Waals surface area contributed by atoms with Gasteiger partial charge in [0.1, 0.15) is 10.7 Å². The highest BCUT2D eigenvalue weighted by Crippen LogP contribution is 2.68. The van der Waals surface area contributed by atoms with E-state index in [-0.39, 0.29) is 38.1 Å². The van der Waals surface area contributed by atoms with Crippen LogP contribution in [0.1, 0.15) is 71.3 Å². The lowest BCUT2D eigenvalue weighted by molar-refractivity contribution is -0.137. The van der Waals surface area contributed by atoms with Gasteiger partial charge in [0.2, 0.25) is 5.91 Å². The standard InChI is InChI=1S/C28H34ClF3N2O2/c1-15-13-17-18-6-7-20(25(33)36)26(18,2)11-9-19(17)27(3)12-10-23(35)34(4,24(15)27)22-8-5-16(14-21(22)29)28(30,31)32/h5,8,14,17-20H,6-7,9-13H2,1-4H3,(H-,33,36)/p+1/t17-,18-,19-,20+,26-,27+,34?/m0/s1. The molecule has 0 radical (unpaired) electrons. The summed E-state index contributed by atoms with van der Waals surface area (Å²) in [5.74, 6) is 0.788. The van der Waals surface area contributed by atoms with Gasteiger partial charge in [0, 0.05) is 17.4 Å². The van der Waals surface area contributed by atoms with E-state index in [1.807, 2.05) is 0 Å². The zero-order valence-corrected chi connectivity index (χ0v) is 22.1. The molecule has 4 nitrogen and oxygen atoms in total. The number of nitrogens with two attached hydrogens (primary N) is 1. The number of quaternary nitrogens is 1. The van der Waals surface area contributed by atoms with Gasteiger partial charge in [-0.2, -0.15) is 13.2 Å². The van der Waals surface area contributed by atoms with Crippen LogP contribution in [-0.2, 0) is 15.8 Å². The highest BCUT2D eigenvalue weighted by molar-refractivity contribution is 6.33. The van der Waals surface area contributed by atoms with Gasteiger partial charge >= 0.3 is 12.1 Å². The molecule has 36 heavy (non-hydrogen) atoms. The molecule has 2 N–H and O–H groups in total. The minimum atomic E-state index is -4.51. The number of amides is 2. The molecule has 1 aliphatic heterocycles. The monoisotopic (exact) mass is 523 g/mol. The van der Waals surface area contributed by atoms with E-state index >= 15 is 0 Å². The van der Waals surface area contributed by atoms with Gasteiger partial charge in [0.25, 0.3) is 0 Å². The molecular formula is C28H35ClF3N2O2+. The van der Waals surface area contributed by atoms with Crippen molar-refractivity contribution in [2.75, 3.05) is 7.05 Å². The summed E-state index contributed by atoms with van der Waals surface area (Å²) in [5.41, 5.74) is 7.14. The number of allylic oxidation sites excluding steroid dienone is 2. The fourth-order valence-corrected chi connectivity index (χ4v) is 9.51. The van der Waals surface area contributed by atoms with Crippen LogP contribution < -0.4 is 10.2 Å². The van der Waals surface area contributed by atoms with Crippen LogP contribution in [0.2, 0.25) is 5.02 Å². The Morgan fingerprint density at radius 3 is 2.44 bits per heavy atom. The molecule has 1 aromatic rings. The molecule has 0 aromatic heterocycles. The Hall–Kier alpha value is -1.86. The molecule has 5 rings (SSSR count). The zero-order valence-electron chi connectivity index (χ0n) is 21.3. The summed E-state index contributed by atoms with van der Waals surface area (Å²) in [7, 11) is 1.80. The van der Waals surface area contributed by atoms with Crippen molar-refractivity contribution in [3.8, 4) is 0 Å². The van der Waals surface area contributed by atoms with Crippen molar-refractivity contribution in [3.63, 3.8) is 0 Å². The molecular weight excluding hydrogens is 489 g/mol. The molecule has 1 unspecified atom stereocenters. The predicted octanol–water partition coefficient (Wildman–Crippen LogP) is 6.84. The maximum atomic E-state index is 13.6. The molecule has 4 aliphatic rings. The summed E-state index contributed by atoms with van der Waals surface area (Å²) in [4.78, 5) is 25.9. The van der Waals surface area contributed by atoms with Crippen molar-refractivity contribution in [2.24, 2.45) is 40.2 Å². The summed E-state index contributed by atoms with van der Waals surface area (Å²) >= 11 is 6.49. The zero-order chi connectivity index (χ0) is 26.4. The van der Waals surface area contributed by atoms with Crippen molar-refractivity contribution in [3.05, 3.63) is 40.1 Å². The highest BCUT2D eigenvalue weighted by Gasteiger charge is 2.65. The number of benzene rings is 1. The third kappa shape index (κ3) is 3.37. The number of primary amides is 1. The Bertz CT molecular complexity index is 1180. The van der Waals surface area contributed by atoms with Crippen molar-refractivity contribution in [1.82, 2.24) is 4.48 Å². The largest absolute Gasteiger partial charge is 0.416 e. The van der Waals surface area contributed by atoms with Crippen LogP contribution in [0.5, 0.6) is 0 Å². The molecule has 8 heteroatoms. The lowest BCUT2D eigenvalue weighted by Crippen LogP contribution is -2.63. The lowest BCUT2D eigenvalue weighted by Gasteiger charge is -2.59. The Labute approximate surface area is 215 Å². The average molecular weight is 524 g/mol. The van der Waals surface area contributed by atoms with Gasteiger partial charge in [-0.3, -0.25) is 4.79 Å². The van der Waals surface area contributed by atoms with E-state index in [0.717, 1.165) is 55.5 Å². The van der Waals surface area contributed by atoms with Gasteiger partial charge in [0.15, 0.2) is 5.69 Å². The highest BCUT2D eigenvalue weighted by atomic mass is 35.5. The number of carbonyl (C=O) groups is 2. The first kappa shape index (κ1) is 25.8. The van der Waals surface area contributed by atoms with Crippen molar-refractivity contribution in [1.29, 1.82) is 0 Å². The van der Waals surface area contributed by atoms with E-state index in [1.54, 1.807) is 7.05 Å². The Morgan fingerprint density at radius 1 is 1.14 bits per heavy atom. The van der Waals surface area contributed by atoms with Crippen molar-refractivity contribution >= 4 is 29.1 Å². The lowest BCUT2D eigenvalue weighted by atomic mass is 9.47. The summed E-state index contributed by atoms with van der Waals surface area (Å²) < 4.78 is 39.8. The quantitative estimate of drug-likeness (QED) is 0.431. The second-order valence-electron chi connectivity index (χ2n) is 12.3. The van der Waals surface area contributed by atoms with Crippen LogP contribution in [0.15, 0.2) is 29.5 Å². The van der Waals surface area contributed by atoms with Crippen LogP contribution in [0.25, 0.3) is 0 Å². The summed E-state index contributed by atoms with van der Waals surface area (Å²) in [5, 5.41) is -0.0383. The number of rotatable bonds is 2. The second-order valence-corrected chi connectivity index (χ2v) is 12.7. The predicted molar refractivity (Wildman–Crippen MR) is 134 cm³/mol. The van der Waals surface area contributed by atoms with E-state index < -0.39 is 11.7 Å². The van der Waals surface area contributed by atoms with E-state index in [2.05, 4.69) is 20.8 Å². The van der Waals surface area contributed by atoms with Crippen LogP contribution in [-0.4, -0.2) is 18.9 Å².